The average Bonchev–Trinajstić information content (AvgIpc) is 2.40. The molecule has 0 aliphatic carbocycles. The van der Waals surface area contributed by atoms with Crippen molar-refractivity contribution in [2.45, 2.75) is 12.8 Å². The number of carbonyl (C=O) groups is 1. The molecule has 1 amide bonds. The van der Waals surface area contributed by atoms with Gasteiger partial charge in [0.1, 0.15) is 0 Å². The van der Waals surface area contributed by atoms with Gasteiger partial charge >= 0.3 is 0 Å². The lowest BCUT2D eigenvalue weighted by Crippen LogP contribution is -2.37. The highest BCUT2D eigenvalue weighted by molar-refractivity contribution is 5.93. The third kappa shape index (κ3) is 3.04. The highest BCUT2D eigenvalue weighted by Gasteiger charge is 2.21. The van der Waals surface area contributed by atoms with E-state index in [0.29, 0.717) is 12.2 Å². The van der Waals surface area contributed by atoms with Crippen molar-refractivity contribution in [1.29, 1.82) is 0 Å². The minimum Gasteiger partial charge on any atom is -0.326 e. The Morgan fingerprint density at radius 3 is 3.00 bits per heavy atom. The first kappa shape index (κ1) is 12.5. The fraction of sp³-hybridized carbons (Fsp3) is 0.417. The third-order valence-electron chi connectivity index (χ3n) is 2.99. The second-order valence-corrected chi connectivity index (χ2v) is 4.34. The predicted octanol–water partition coefficient (Wildman–Crippen LogP) is 1.53. The van der Waals surface area contributed by atoms with Gasteiger partial charge in [-0.05, 0) is 25.5 Å². The quantitative estimate of drug-likeness (QED) is 0.628. The lowest BCUT2D eigenvalue weighted by Gasteiger charge is -2.21. The maximum atomic E-state index is 11.9. The molecular formula is C12H15N3O3. The van der Waals surface area contributed by atoms with Crippen LogP contribution in [0.25, 0.3) is 0 Å². The molecule has 0 aromatic heterocycles. The molecule has 96 valence electrons. The molecule has 0 unspecified atom stereocenters. The van der Waals surface area contributed by atoms with Crippen LogP contribution in [0.5, 0.6) is 0 Å². The first-order valence-electron chi connectivity index (χ1n) is 5.93. The number of nitro groups is 1. The van der Waals surface area contributed by atoms with Crippen LogP contribution in [0.3, 0.4) is 0 Å². The summed E-state index contributed by atoms with van der Waals surface area (Å²) in [4.78, 5) is 22.1. The SMILES string of the molecule is O=C(Nc1cccc([N+](=O)[O-])c1)[C@H]1CCCNC1. The van der Waals surface area contributed by atoms with Crippen LogP contribution in [0, 0.1) is 16.0 Å². The van der Waals surface area contributed by atoms with Crippen LogP contribution in [0.1, 0.15) is 12.8 Å². The summed E-state index contributed by atoms with van der Waals surface area (Å²) < 4.78 is 0. The zero-order chi connectivity index (χ0) is 13.0. The second kappa shape index (κ2) is 5.59. The first-order valence-corrected chi connectivity index (χ1v) is 5.93. The third-order valence-corrected chi connectivity index (χ3v) is 2.99. The maximum absolute atomic E-state index is 11.9. The monoisotopic (exact) mass is 249 g/mol. The van der Waals surface area contributed by atoms with E-state index in [9.17, 15) is 14.9 Å². The number of amides is 1. The molecule has 1 aromatic rings. The van der Waals surface area contributed by atoms with Gasteiger partial charge in [0.15, 0.2) is 0 Å². The Labute approximate surface area is 105 Å². The summed E-state index contributed by atoms with van der Waals surface area (Å²) in [6.07, 6.45) is 1.83. The van der Waals surface area contributed by atoms with Gasteiger partial charge in [0.05, 0.1) is 10.8 Å². The Balaban J connectivity index is 2.02. The summed E-state index contributed by atoms with van der Waals surface area (Å²) in [5, 5.41) is 16.5. The number of nitrogens with one attached hydrogen (secondary N) is 2. The summed E-state index contributed by atoms with van der Waals surface area (Å²) in [5.74, 6) is -0.138. The highest BCUT2D eigenvalue weighted by atomic mass is 16.6. The van der Waals surface area contributed by atoms with Crippen LogP contribution in [-0.4, -0.2) is 23.9 Å². The number of hydrogen-bond donors (Lipinski definition) is 2. The molecule has 0 radical (unpaired) electrons. The van der Waals surface area contributed by atoms with Gasteiger partial charge in [-0.15, -0.1) is 0 Å². The molecule has 0 bridgehead atoms. The molecule has 1 heterocycles. The normalized spacial score (nSPS) is 19.2. The van der Waals surface area contributed by atoms with E-state index in [1.54, 1.807) is 12.1 Å². The van der Waals surface area contributed by atoms with Crippen LogP contribution in [0.15, 0.2) is 24.3 Å². The lowest BCUT2D eigenvalue weighted by molar-refractivity contribution is -0.384. The number of carbonyl (C=O) groups excluding carboxylic acids is 1. The summed E-state index contributed by atoms with van der Waals surface area (Å²) in [6.45, 7) is 1.61. The lowest BCUT2D eigenvalue weighted by atomic mass is 9.99. The van der Waals surface area contributed by atoms with Gasteiger partial charge in [0, 0.05) is 24.4 Å². The standard InChI is InChI=1S/C12H15N3O3/c16-12(9-3-2-6-13-8-9)14-10-4-1-5-11(7-10)15(17)18/h1,4-5,7,9,13H,2-3,6,8H2,(H,14,16)/t9-/m0/s1. The number of nitrogens with zero attached hydrogens (tertiary/aromatic N) is 1. The molecular weight excluding hydrogens is 234 g/mol. The number of non-ortho nitro benzene ring substituents is 1. The molecule has 0 saturated carbocycles. The van der Waals surface area contributed by atoms with E-state index in [4.69, 9.17) is 0 Å². The zero-order valence-corrected chi connectivity index (χ0v) is 9.89. The Morgan fingerprint density at radius 2 is 2.33 bits per heavy atom. The molecule has 1 fully saturated rings. The molecule has 2 N–H and O–H groups in total. The van der Waals surface area contributed by atoms with Crippen LogP contribution >= 0.6 is 0 Å². The van der Waals surface area contributed by atoms with Crippen LogP contribution < -0.4 is 10.6 Å². The van der Waals surface area contributed by atoms with Crippen molar-refractivity contribution in [3.63, 3.8) is 0 Å². The van der Waals surface area contributed by atoms with E-state index in [0.717, 1.165) is 19.4 Å². The molecule has 6 heteroatoms. The van der Waals surface area contributed by atoms with E-state index in [1.807, 2.05) is 0 Å². The highest BCUT2D eigenvalue weighted by Crippen LogP contribution is 2.19. The maximum Gasteiger partial charge on any atom is 0.271 e. The van der Waals surface area contributed by atoms with E-state index in [-0.39, 0.29) is 17.5 Å². The topological polar surface area (TPSA) is 84.3 Å². The van der Waals surface area contributed by atoms with Crippen molar-refractivity contribution in [2.75, 3.05) is 18.4 Å². The van der Waals surface area contributed by atoms with Crippen molar-refractivity contribution in [1.82, 2.24) is 5.32 Å². The van der Waals surface area contributed by atoms with Gasteiger partial charge in [-0.25, -0.2) is 0 Å². The Bertz CT molecular complexity index is 456. The van der Waals surface area contributed by atoms with E-state index < -0.39 is 4.92 Å². The molecule has 2 rings (SSSR count). The average molecular weight is 249 g/mol. The van der Waals surface area contributed by atoms with Crippen molar-refractivity contribution in [2.24, 2.45) is 5.92 Å². The number of anilines is 1. The van der Waals surface area contributed by atoms with Gasteiger partial charge in [-0.1, -0.05) is 6.07 Å². The van der Waals surface area contributed by atoms with Gasteiger partial charge in [-0.2, -0.15) is 0 Å². The van der Waals surface area contributed by atoms with Crippen LogP contribution in [0.4, 0.5) is 11.4 Å². The Kier molecular flexibility index (Phi) is 3.88. The van der Waals surface area contributed by atoms with Gasteiger partial charge in [0.25, 0.3) is 5.69 Å². The largest absolute Gasteiger partial charge is 0.326 e. The van der Waals surface area contributed by atoms with E-state index in [1.165, 1.54) is 12.1 Å². The first-order chi connectivity index (χ1) is 8.66. The van der Waals surface area contributed by atoms with Gasteiger partial charge < -0.3 is 10.6 Å². The second-order valence-electron chi connectivity index (χ2n) is 4.34. The molecule has 1 atom stereocenters. The molecule has 1 aromatic carbocycles. The van der Waals surface area contributed by atoms with Crippen molar-refractivity contribution >= 4 is 17.3 Å². The van der Waals surface area contributed by atoms with Gasteiger partial charge in [-0.3, -0.25) is 14.9 Å². The predicted molar refractivity (Wildman–Crippen MR) is 67.3 cm³/mol. The Morgan fingerprint density at radius 1 is 1.50 bits per heavy atom. The molecule has 1 aliphatic rings. The number of rotatable bonds is 3. The summed E-state index contributed by atoms with van der Waals surface area (Å²) in [5.41, 5.74) is 0.453. The van der Waals surface area contributed by atoms with Crippen LogP contribution in [-0.2, 0) is 4.79 Å². The molecule has 1 aliphatic heterocycles. The smallest absolute Gasteiger partial charge is 0.271 e. The molecule has 6 nitrogen and oxygen atoms in total. The number of piperidine rings is 1. The van der Waals surface area contributed by atoms with Crippen molar-refractivity contribution in [3.8, 4) is 0 Å². The molecule has 18 heavy (non-hydrogen) atoms. The van der Waals surface area contributed by atoms with Crippen LogP contribution in [0.2, 0.25) is 0 Å². The summed E-state index contributed by atoms with van der Waals surface area (Å²) >= 11 is 0. The van der Waals surface area contributed by atoms with E-state index in [2.05, 4.69) is 10.6 Å². The number of hydrogen-bond acceptors (Lipinski definition) is 4. The fourth-order valence-electron chi connectivity index (χ4n) is 2.02. The van der Waals surface area contributed by atoms with Crippen molar-refractivity contribution in [3.05, 3.63) is 34.4 Å². The molecule has 1 saturated heterocycles. The summed E-state index contributed by atoms with van der Waals surface area (Å²) in [6, 6.07) is 5.99. The van der Waals surface area contributed by atoms with E-state index >= 15 is 0 Å². The minimum atomic E-state index is -0.474. The summed E-state index contributed by atoms with van der Waals surface area (Å²) in [7, 11) is 0. The zero-order valence-electron chi connectivity index (χ0n) is 9.89. The van der Waals surface area contributed by atoms with Gasteiger partial charge in [0.2, 0.25) is 5.91 Å². The fourth-order valence-corrected chi connectivity index (χ4v) is 2.02. The van der Waals surface area contributed by atoms with Crippen molar-refractivity contribution < 1.29 is 9.72 Å². The number of nitro benzene ring substituents is 1. The minimum absolute atomic E-state index is 0.0189. The Hall–Kier alpha value is -1.95. The molecule has 0 spiro atoms. The number of benzene rings is 1.